The quantitative estimate of drug-likeness (QED) is 0.401. The van der Waals surface area contributed by atoms with Gasteiger partial charge in [-0.2, -0.15) is 0 Å². The van der Waals surface area contributed by atoms with Crippen LogP contribution in [0.25, 0.3) is 0 Å². The van der Waals surface area contributed by atoms with E-state index in [1.165, 1.54) is 57.8 Å². The van der Waals surface area contributed by atoms with Crippen LogP contribution in [0.15, 0.2) is 0 Å². The number of hydrogen-bond donors (Lipinski definition) is 0. The first-order valence-electron chi connectivity index (χ1n) is 9.43. The molecule has 0 aromatic rings. The minimum atomic E-state index is 0.557. The fraction of sp³-hybridized carbons (Fsp3) is 1.00. The lowest BCUT2D eigenvalue weighted by Gasteiger charge is -2.42. The van der Waals surface area contributed by atoms with Crippen molar-refractivity contribution >= 4 is 0 Å². The highest BCUT2D eigenvalue weighted by Gasteiger charge is 2.35. The second kappa shape index (κ2) is 8.44. The van der Waals surface area contributed by atoms with Gasteiger partial charge in [-0.15, -0.1) is 0 Å². The molecule has 4 unspecified atom stereocenters. The smallest absolute Gasteiger partial charge is 0.0357 e. The number of rotatable bonds is 10. The average Bonchev–Trinajstić information content (AvgIpc) is 2.40. The van der Waals surface area contributed by atoms with Crippen molar-refractivity contribution in [1.82, 2.24) is 0 Å². The van der Waals surface area contributed by atoms with Crippen molar-refractivity contribution in [3.05, 3.63) is 0 Å². The third kappa shape index (κ3) is 5.41. The van der Waals surface area contributed by atoms with E-state index in [4.69, 9.17) is 0 Å². The second-order valence-electron chi connectivity index (χ2n) is 8.33. The maximum absolute atomic E-state index is 2.48. The summed E-state index contributed by atoms with van der Waals surface area (Å²) in [7, 11) is 0. The van der Waals surface area contributed by atoms with E-state index in [1.54, 1.807) is 0 Å². The largest absolute Gasteiger partial charge is 0.0654 e. The lowest BCUT2D eigenvalue weighted by Crippen LogP contribution is -2.32. The summed E-state index contributed by atoms with van der Waals surface area (Å²) in [5.74, 6) is 4.08. The van der Waals surface area contributed by atoms with Crippen LogP contribution in [-0.2, 0) is 0 Å². The zero-order chi connectivity index (χ0) is 15.2. The van der Waals surface area contributed by atoms with Gasteiger partial charge in [-0.25, -0.2) is 0 Å². The Balaban J connectivity index is 2.42. The standard InChI is InChI=1S/C20H40/c1-7-10-17(13-14-20(5,6)9-3)15-18-11-12-19(18)16(4)8-2/h16-19H,7-15H2,1-6H3. The van der Waals surface area contributed by atoms with E-state index >= 15 is 0 Å². The van der Waals surface area contributed by atoms with Crippen molar-refractivity contribution in [2.45, 2.75) is 99.3 Å². The zero-order valence-corrected chi connectivity index (χ0v) is 15.2. The normalized spacial score (nSPS) is 26.1. The Bertz CT molecular complexity index is 253. The van der Waals surface area contributed by atoms with Gasteiger partial charge in [0.1, 0.15) is 0 Å². The molecule has 0 heterocycles. The van der Waals surface area contributed by atoms with E-state index in [0.29, 0.717) is 5.41 Å². The molecule has 1 rings (SSSR count). The van der Waals surface area contributed by atoms with Crippen LogP contribution in [-0.4, -0.2) is 0 Å². The third-order valence-corrected chi connectivity index (χ3v) is 6.37. The van der Waals surface area contributed by atoms with Crippen LogP contribution in [0, 0.1) is 29.1 Å². The Hall–Kier alpha value is 0. The summed E-state index contributed by atoms with van der Waals surface area (Å²) in [6, 6.07) is 0. The van der Waals surface area contributed by atoms with Crippen LogP contribution in [0.5, 0.6) is 0 Å². The molecular weight excluding hydrogens is 240 g/mol. The van der Waals surface area contributed by atoms with Gasteiger partial charge >= 0.3 is 0 Å². The molecule has 0 radical (unpaired) electrons. The predicted octanol–water partition coefficient (Wildman–Crippen LogP) is 7.08. The Morgan fingerprint density at radius 1 is 1.05 bits per heavy atom. The second-order valence-corrected chi connectivity index (χ2v) is 8.33. The Morgan fingerprint density at radius 2 is 1.75 bits per heavy atom. The maximum Gasteiger partial charge on any atom is -0.0357 e. The molecule has 0 N–H and O–H groups in total. The first-order chi connectivity index (χ1) is 9.43. The molecule has 1 saturated carbocycles. The fourth-order valence-electron chi connectivity index (χ4n) is 3.93. The summed E-state index contributed by atoms with van der Waals surface area (Å²) in [6.07, 6.45) is 13.0. The Morgan fingerprint density at radius 3 is 2.20 bits per heavy atom. The lowest BCUT2D eigenvalue weighted by molar-refractivity contribution is 0.0796. The predicted molar refractivity (Wildman–Crippen MR) is 92.0 cm³/mol. The lowest BCUT2D eigenvalue weighted by atomic mass is 9.63. The van der Waals surface area contributed by atoms with Crippen molar-refractivity contribution < 1.29 is 0 Å². The van der Waals surface area contributed by atoms with Gasteiger partial charge < -0.3 is 0 Å². The van der Waals surface area contributed by atoms with Crippen molar-refractivity contribution in [3.8, 4) is 0 Å². The van der Waals surface area contributed by atoms with E-state index in [1.807, 2.05) is 0 Å². The zero-order valence-electron chi connectivity index (χ0n) is 15.2. The number of hydrogen-bond acceptors (Lipinski definition) is 0. The molecule has 0 spiro atoms. The Labute approximate surface area is 129 Å². The van der Waals surface area contributed by atoms with Crippen LogP contribution in [0.3, 0.4) is 0 Å². The van der Waals surface area contributed by atoms with Crippen molar-refractivity contribution in [2.75, 3.05) is 0 Å². The molecule has 0 heteroatoms. The van der Waals surface area contributed by atoms with Gasteiger partial charge in [-0.1, -0.05) is 67.2 Å². The van der Waals surface area contributed by atoms with E-state index in [9.17, 15) is 0 Å². The molecule has 1 fully saturated rings. The molecule has 20 heavy (non-hydrogen) atoms. The highest BCUT2D eigenvalue weighted by Crippen LogP contribution is 2.45. The van der Waals surface area contributed by atoms with Crippen LogP contribution >= 0.6 is 0 Å². The van der Waals surface area contributed by atoms with Crippen molar-refractivity contribution in [2.24, 2.45) is 29.1 Å². The molecule has 1 aliphatic carbocycles. The van der Waals surface area contributed by atoms with Crippen LogP contribution in [0.1, 0.15) is 99.3 Å². The van der Waals surface area contributed by atoms with Crippen molar-refractivity contribution in [3.63, 3.8) is 0 Å². The topological polar surface area (TPSA) is 0 Å². The summed E-state index contributed by atoms with van der Waals surface area (Å²) in [4.78, 5) is 0. The molecule has 120 valence electrons. The summed E-state index contributed by atoms with van der Waals surface area (Å²) in [5.41, 5.74) is 0.557. The summed E-state index contributed by atoms with van der Waals surface area (Å²) in [6.45, 7) is 14.5. The molecule has 0 aliphatic heterocycles. The molecule has 0 aromatic carbocycles. The van der Waals surface area contributed by atoms with E-state index in [-0.39, 0.29) is 0 Å². The van der Waals surface area contributed by atoms with E-state index in [0.717, 1.165) is 23.7 Å². The molecule has 1 aliphatic rings. The van der Waals surface area contributed by atoms with Crippen LogP contribution < -0.4 is 0 Å². The first-order valence-corrected chi connectivity index (χ1v) is 9.43. The van der Waals surface area contributed by atoms with Gasteiger partial charge in [0.25, 0.3) is 0 Å². The van der Waals surface area contributed by atoms with E-state index < -0.39 is 0 Å². The van der Waals surface area contributed by atoms with Gasteiger partial charge in [-0.05, 0) is 61.2 Å². The Kier molecular flexibility index (Phi) is 7.62. The molecule has 0 aromatic heterocycles. The molecule has 0 bridgehead atoms. The molecule has 0 amide bonds. The highest BCUT2D eigenvalue weighted by molar-refractivity contribution is 4.85. The van der Waals surface area contributed by atoms with Crippen molar-refractivity contribution in [1.29, 1.82) is 0 Å². The van der Waals surface area contributed by atoms with Crippen LogP contribution in [0.4, 0.5) is 0 Å². The molecule has 0 saturated heterocycles. The summed E-state index contributed by atoms with van der Waals surface area (Å²) in [5, 5.41) is 0. The average molecular weight is 281 g/mol. The maximum atomic E-state index is 2.48. The van der Waals surface area contributed by atoms with Gasteiger partial charge in [0, 0.05) is 0 Å². The monoisotopic (exact) mass is 280 g/mol. The summed E-state index contributed by atoms with van der Waals surface area (Å²) < 4.78 is 0. The van der Waals surface area contributed by atoms with Gasteiger partial charge in [0.2, 0.25) is 0 Å². The highest BCUT2D eigenvalue weighted by atomic mass is 14.4. The minimum absolute atomic E-state index is 0.557. The third-order valence-electron chi connectivity index (χ3n) is 6.37. The molecule has 4 atom stereocenters. The fourth-order valence-corrected chi connectivity index (χ4v) is 3.93. The van der Waals surface area contributed by atoms with Gasteiger partial charge in [0.05, 0.1) is 0 Å². The minimum Gasteiger partial charge on any atom is -0.0654 e. The van der Waals surface area contributed by atoms with E-state index in [2.05, 4.69) is 41.5 Å². The van der Waals surface area contributed by atoms with Gasteiger partial charge in [0.15, 0.2) is 0 Å². The van der Waals surface area contributed by atoms with Crippen LogP contribution in [0.2, 0.25) is 0 Å². The summed E-state index contributed by atoms with van der Waals surface area (Å²) >= 11 is 0. The first kappa shape index (κ1) is 18.1. The molecule has 0 nitrogen and oxygen atoms in total. The SMILES string of the molecule is CCCC(CCC(C)(C)CC)CC1CCC1C(C)CC. The van der Waals surface area contributed by atoms with Gasteiger partial charge in [-0.3, -0.25) is 0 Å². The molecular formula is C20H40.